The molecule has 0 spiro atoms. The molecule has 0 radical (unpaired) electrons. The summed E-state index contributed by atoms with van der Waals surface area (Å²) >= 11 is 0. The highest BCUT2D eigenvalue weighted by Crippen LogP contribution is 2.31. The van der Waals surface area contributed by atoms with Gasteiger partial charge in [0.25, 0.3) is 11.7 Å². The van der Waals surface area contributed by atoms with E-state index in [9.17, 15) is 14.4 Å². The maximum Gasteiger partial charge on any atom is 0.328 e. The summed E-state index contributed by atoms with van der Waals surface area (Å²) in [6, 6.07) is 15.5. The van der Waals surface area contributed by atoms with Crippen molar-refractivity contribution in [1.82, 2.24) is 51.0 Å². The van der Waals surface area contributed by atoms with E-state index in [-0.39, 0.29) is 29.2 Å². The van der Waals surface area contributed by atoms with Crippen molar-refractivity contribution < 1.29 is 18.9 Å². The summed E-state index contributed by atoms with van der Waals surface area (Å²) in [5.74, 6) is 0.990. The number of nitrogens with one attached hydrogen (secondary N) is 5. The molecule has 0 bridgehead atoms. The number of aromatic nitrogens is 7. The number of piperidine rings is 1. The molecule has 6 aromatic rings. The van der Waals surface area contributed by atoms with Crippen LogP contribution in [0.4, 0.5) is 21.9 Å². The molecule has 0 aliphatic carbocycles. The number of nitrogens with zero attached hydrogens (tertiary/aromatic N) is 8. The molecule has 322 valence electrons. The molecule has 2 aromatic carbocycles. The van der Waals surface area contributed by atoms with Gasteiger partial charge in [-0.2, -0.15) is 4.98 Å². The molecule has 2 saturated heterocycles. The summed E-state index contributed by atoms with van der Waals surface area (Å²) in [4.78, 5) is 67.0. The normalized spacial score (nSPS) is 15.5. The Morgan fingerprint density at radius 2 is 1.77 bits per heavy atom. The molecule has 2 aliphatic rings. The number of imide groups is 1. The van der Waals surface area contributed by atoms with Crippen molar-refractivity contribution in [2.24, 2.45) is 5.92 Å². The molecule has 0 saturated carbocycles. The summed E-state index contributed by atoms with van der Waals surface area (Å²) in [6.45, 7) is 16.7. The lowest BCUT2D eigenvalue weighted by Crippen LogP contribution is -2.49. The Balaban J connectivity index is 0.799. The molecule has 0 unspecified atom stereocenters. The molecule has 5 N–H and O–H groups in total. The minimum Gasteiger partial charge on any atom is -0.383 e. The van der Waals surface area contributed by atoms with Crippen LogP contribution in [0.1, 0.15) is 86.2 Å². The Labute approximate surface area is 359 Å². The topological polar surface area (TPSA) is 212 Å². The highest BCUT2D eigenvalue weighted by atomic mass is 16.5. The van der Waals surface area contributed by atoms with Gasteiger partial charge in [-0.05, 0) is 99.2 Å². The Kier molecular flexibility index (Phi) is 12.0. The summed E-state index contributed by atoms with van der Waals surface area (Å²) in [6.07, 6.45) is 5.84. The Morgan fingerprint density at radius 3 is 2.48 bits per heavy atom. The van der Waals surface area contributed by atoms with Crippen molar-refractivity contribution in [3.05, 3.63) is 89.5 Å². The van der Waals surface area contributed by atoms with Crippen LogP contribution in [0.15, 0.2) is 65.6 Å². The molecule has 4 amide bonds. The standard InChI is InChI=1S/C45H53N13O4/c1-26-21-30(7-10-33(26)28(3)51-42(60)41-55-43(62-56-41)45(4,5)6)37-38-40(50-25-49-37)54-39(53-38)34-11-8-31(24-48-34)47-17-16-46-23-29-13-18-57(19-14-29)32-9-12-35(27(2)22-32)58-20-15-36(59)52-44(58)61/h7-12,21-22,24-25,28-29,46-47H,13-20,23H2,1-6H3,(H,51,60)(H,52,59,61)(H,49,50,53,54)/t28-/m1/s1. The van der Waals surface area contributed by atoms with E-state index in [4.69, 9.17) is 9.51 Å². The van der Waals surface area contributed by atoms with Gasteiger partial charge in [0.2, 0.25) is 11.8 Å². The molecule has 2 aliphatic heterocycles. The summed E-state index contributed by atoms with van der Waals surface area (Å²) in [7, 11) is 0. The molecule has 2 fully saturated rings. The van der Waals surface area contributed by atoms with Crippen LogP contribution in [-0.4, -0.2) is 92.2 Å². The third kappa shape index (κ3) is 9.27. The smallest absolute Gasteiger partial charge is 0.328 e. The average molecular weight is 840 g/mol. The molecular weight excluding hydrogens is 787 g/mol. The fourth-order valence-corrected chi connectivity index (χ4v) is 8.01. The van der Waals surface area contributed by atoms with E-state index in [1.54, 1.807) is 4.90 Å². The van der Waals surface area contributed by atoms with Gasteiger partial charge in [0.1, 0.15) is 17.5 Å². The quantitative estimate of drug-likeness (QED) is 0.0817. The predicted molar refractivity (Wildman–Crippen MR) is 237 cm³/mol. The number of hydrogen-bond acceptors (Lipinski definition) is 13. The first kappa shape index (κ1) is 42.0. The largest absolute Gasteiger partial charge is 0.383 e. The first-order chi connectivity index (χ1) is 29.8. The fourth-order valence-electron chi connectivity index (χ4n) is 8.01. The van der Waals surface area contributed by atoms with Gasteiger partial charge in [-0.1, -0.05) is 38.1 Å². The van der Waals surface area contributed by atoms with Gasteiger partial charge in [-0.3, -0.25) is 24.8 Å². The highest BCUT2D eigenvalue weighted by molar-refractivity contribution is 6.06. The first-order valence-corrected chi connectivity index (χ1v) is 21.2. The fraction of sp³-hybridized carbons (Fsp3) is 0.400. The maximum absolute atomic E-state index is 12.9. The summed E-state index contributed by atoms with van der Waals surface area (Å²) in [5.41, 5.74) is 9.07. The zero-order valence-electron chi connectivity index (χ0n) is 36.0. The van der Waals surface area contributed by atoms with Crippen LogP contribution >= 0.6 is 0 Å². The monoisotopic (exact) mass is 839 g/mol. The highest BCUT2D eigenvalue weighted by Gasteiger charge is 2.27. The minimum atomic E-state index is -0.401. The number of amides is 4. The number of rotatable bonds is 13. The lowest BCUT2D eigenvalue weighted by Gasteiger charge is -2.34. The number of H-pyrrole nitrogens is 1. The molecular formula is C45H53N13O4. The predicted octanol–water partition coefficient (Wildman–Crippen LogP) is 6.23. The molecule has 6 heterocycles. The Bertz CT molecular complexity index is 2590. The number of urea groups is 1. The number of hydrogen-bond donors (Lipinski definition) is 5. The van der Waals surface area contributed by atoms with Crippen molar-refractivity contribution >= 4 is 46.1 Å². The number of pyridine rings is 1. The molecule has 1 atom stereocenters. The molecule has 17 nitrogen and oxygen atoms in total. The number of carbonyl (C=O) groups excluding carboxylic acids is 3. The van der Waals surface area contributed by atoms with E-state index in [0.717, 1.165) is 79.2 Å². The van der Waals surface area contributed by atoms with E-state index in [0.29, 0.717) is 53.2 Å². The second kappa shape index (κ2) is 17.7. The van der Waals surface area contributed by atoms with E-state index >= 15 is 0 Å². The van der Waals surface area contributed by atoms with Gasteiger partial charge in [0.15, 0.2) is 11.5 Å². The van der Waals surface area contributed by atoms with Crippen LogP contribution in [-0.2, 0) is 10.2 Å². The average Bonchev–Trinajstić information content (AvgIpc) is 3.94. The van der Waals surface area contributed by atoms with Crippen LogP contribution in [0, 0.1) is 19.8 Å². The van der Waals surface area contributed by atoms with Crippen molar-refractivity contribution in [2.75, 3.05) is 54.4 Å². The number of carbonyl (C=O) groups is 3. The Hall–Kier alpha value is -6.75. The first-order valence-electron chi connectivity index (χ1n) is 21.2. The SMILES string of the molecule is Cc1cc(-c2ncnc3nc(-c4ccc(NCCNCC5CCN(c6ccc(N7CCC(=O)NC7=O)c(C)c6)CC5)cn4)[nH]c23)ccc1[C@@H](C)NC(=O)c1noc(C(C)(C)C)n1. The molecule has 62 heavy (non-hydrogen) atoms. The summed E-state index contributed by atoms with van der Waals surface area (Å²) < 4.78 is 5.30. The van der Waals surface area contributed by atoms with E-state index in [2.05, 4.69) is 68.4 Å². The second-order valence-corrected chi connectivity index (χ2v) is 17.2. The Morgan fingerprint density at radius 1 is 0.952 bits per heavy atom. The lowest BCUT2D eigenvalue weighted by atomic mass is 9.96. The third-order valence-corrected chi connectivity index (χ3v) is 11.5. The van der Waals surface area contributed by atoms with Crippen molar-refractivity contribution in [1.29, 1.82) is 0 Å². The molecule has 8 rings (SSSR count). The van der Waals surface area contributed by atoms with Crippen LogP contribution in [0.5, 0.6) is 0 Å². The zero-order chi connectivity index (χ0) is 43.5. The maximum atomic E-state index is 12.9. The summed E-state index contributed by atoms with van der Waals surface area (Å²) in [5, 5.41) is 16.3. The number of aromatic amines is 1. The van der Waals surface area contributed by atoms with Crippen molar-refractivity contribution in [3.8, 4) is 22.8 Å². The van der Waals surface area contributed by atoms with Crippen molar-refractivity contribution in [2.45, 2.75) is 72.3 Å². The van der Waals surface area contributed by atoms with Gasteiger partial charge >= 0.3 is 6.03 Å². The van der Waals surface area contributed by atoms with Crippen LogP contribution in [0.25, 0.3) is 33.9 Å². The number of imidazole rings is 1. The van der Waals surface area contributed by atoms with Gasteiger partial charge in [0.05, 0.1) is 23.6 Å². The second-order valence-electron chi connectivity index (χ2n) is 17.2. The number of benzene rings is 2. The number of aryl methyl sites for hydroxylation is 2. The third-order valence-electron chi connectivity index (χ3n) is 11.5. The van der Waals surface area contributed by atoms with Crippen LogP contribution in [0.3, 0.4) is 0 Å². The minimum absolute atomic E-state index is 0.00737. The lowest BCUT2D eigenvalue weighted by molar-refractivity contribution is -0.120. The molecule has 4 aromatic heterocycles. The van der Waals surface area contributed by atoms with Crippen LogP contribution in [0.2, 0.25) is 0 Å². The van der Waals surface area contributed by atoms with Gasteiger partial charge < -0.3 is 30.4 Å². The van der Waals surface area contributed by atoms with Gasteiger partial charge in [-0.15, -0.1) is 0 Å². The van der Waals surface area contributed by atoms with E-state index < -0.39 is 5.91 Å². The number of fused-ring (bicyclic) bond motifs is 1. The van der Waals surface area contributed by atoms with E-state index in [1.165, 1.54) is 12.0 Å². The number of anilines is 3. The van der Waals surface area contributed by atoms with Crippen molar-refractivity contribution in [3.63, 3.8) is 0 Å². The van der Waals surface area contributed by atoms with E-state index in [1.807, 2.05) is 84.1 Å². The molecule has 17 heteroatoms. The van der Waals surface area contributed by atoms with Gasteiger partial charge in [-0.25, -0.2) is 19.7 Å². The van der Waals surface area contributed by atoms with Crippen LogP contribution < -0.4 is 31.1 Å². The van der Waals surface area contributed by atoms with Gasteiger partial charge in [0, 0.05) is 61.5 Å². The zero-order valence-corrected chi connectivity index (χ0v) is 36.0.